The van der Waals surface area contributed by atoms with E-state index in [1.165, 1.54) is 17.1 Å². The van der Waals surface area contributed by atoms with Gasteiger partial charge in [-0.3, -0.25) is 14.6 Å². The molecule has 11 nitrogen and oxygen atoms in total. The molecule has 0 unspecified atom stereocenters. The Labute approximate surface area is 257 Å². The number of amides is 2. The Kier molecular flexibility index (Phi) is 9.55. The zero-order valence-corrected chi connectivity index (χ0v) is 24.5. The van der Waals surface area contributed by atoms with Crippen LogP contribution >= 0.6 is 23.2 Å². The first-order valence-electron chi connectivity index (χ1n) is 13.4. The van der Waals surface area contributed by atoms with Crippen LogP contribution in [-0.4, -0.2) is 53.5 Å². The fourth-order valence-corrected chi connectivity index (χ4v) is 4.74. The summed E-state index contributed by atoms with van der Waals surface area (Å²) >= 11 is 12.7. The van der Waals surface area contributed by atoms with Gasteiger partial charge >= 0.3 is 0 Å². The normalized spacial score (nSPS) is 11.9. The van der Waals surface area contributed by atoms with E-state index in [-0.39, 0.29) is 12.3 Å². The predicted molar refractivity (Wildman–Crippen MR) is 163 cm³/mol. The van der Waals surface area contributed by atoms with Gasteiger partial charge in [0.1, 0.15) is 23.0 Å². The lowest BCUT2D eigenvalue weighted by Gasteiger charge is -2.16. The van der Waals surface area contributed by atoms with E-state index in [9.17, 15) is 9.59 Å². The van der Waals surface area contributed by atoms with Crippen LogP contribution in [0.4, 0.5) is 0 Å². The van der Waals surface area contributed by atoms with Gasteiger partial charge in [0.05, 0.1) is 18.2 Å². The number of halogens is 2. The smallest absolute Gasteiger partial charge is 0.244 e. The van der Waals surface area contributed by atoms with Crippen molar-refractivity contribution < 1.29 is 9.59 Å². The minimum Gasteiger partial charge on any atom is -0.356 e. The highest BCUT2D eigenvalue weighted by atomic mass is 35.5. The molecule has 0 bridgehead atoms. The van der Waals surface area contributed by atoms with Crippen molar-refractivity contribution in [2.24, 2.45) is 0 Å². The van der Waals surface area contributed by atoms with Gasteiger partial charge in [-0.1, -0.05) is 59.1 Å². The number of tetrazole rings is 1. The molecule has 13 heteroatoms. The van der Waals surface area contributed by atoms with E-state index in [0.29, 0.717) is 45.9 Å². The Morgan fingerprint density at radius 1 is 1.09 bits per heavy atom. The molecule has 0 saturated heterocycles. The lowest BCUT2D eigenvalue weighted by atomic mass is 10.1. The maximum atomic E-state index is 13.2. The van der Waals surface area contributed by atoms with Crippen molar-refractivity contribution in [2.75, 3.05) is 6.54 Å². The minimum atomic E-state index is -0.804. The van der Waals surface area contributed by atoms with Crippen molar-refractivity contribution in [2.45, 2.75) is 25.8 Å². The quantitative estimate of drug-likeness (QED) is 0.183. The van der Waals surface area contributed by atoms with E-state index in [2.05, 4.69) is 41.1 Å². The van der Waals surface area contributed by atoms with Gasteiger partial charge in [0.2, 0.25) is 11.8 Å². The third-order valence-corrected chi connectivity index (χ3v) is 6.98. The van der Waals surface area contributed by atoms with E-state index in [1.54, 1.807) is 30.5 Å². The summed E-state index contributed by atoms with van der Waals surface area (Å²) in [6, 6.07) is 17.7. The van der Waals surface area contributed by atoms with Gasteiger partial charge in [0, 0.05) is 47.1 Å². The van der Waals surface area contributed by atoms with Crippen LogP contribution in [0.2, 0.25) is 10.2 Å². The lowest BCUT2D eigenvalue weighted by Crippen LogP contribution is -2.34. The third kappa shape index (κ3) is 7.91. The number of aromatic nitrogens is 7. The molecular formula is C30H27Cl2N9O2. The molecule has 5 aromatic rings. The second kappa shape index (κ2) is 13.9. The molecule has 0 radical (unpaired) electrons. The van der Waals surface area contributed by atoms with E-state index in [4.69, 9.17) is 23.2 Å². The van der Waals surface area contributed by atoms with Crippen molar-refractivity contribution in [1.29, 1.82) is 0 Å². The molecule has 3 heterocycles. The summed E-state index contributed by atoms with van der Waals surface area (Å²) in [6.07, 6.45) is 6.57. The third-order valence-electron chi connectivity index (χ3n) is 6.47. The molecule has 0 aliphatic rings. The summed E-state index contributed by atoms with van der Waals surface area (Å²) in [5.41, 5.74) is 4.52. The molecule has 0 aliphatic heterocycles. The van der Waals surface area contributed by atoms with Gasteiger partial charge < -0.3 is 15.6 Å². The molecule has 0 saturated carbocycles. The number of hydrogen-bond acceptors (Lipinski definition) is 7. The first-order chi connectivity index (χ1) is 20.9. The number of aryl methyl sites for hydroxylation is 1. The average Bonchev–Trinajstić information content (AvgIpc) is 3.67. The molecule has 43 heavy (non-hydrogen) atoms. The minimum absolute atomic E-state index is 0.0774. The van der Waals surface area contributed by atoms with Gasteiger partial charge in [-0.2, -0.15) is 4.68 Å². The summed E-state index contributed by atoms with van der Waals surface area (Å²) in [5.74, 6) is -0.386. The van der Waals surface area contributed by atoms with Gasteiger partial charge in [0.15, 0.2) is 0 Å². The summed E-state index contributed by atoms with van der Waals surface area (Å²) < 4.78 is 1.46. The monoisotopic (exact) mass is 615 g/mol. The van der Waals surface area contributed by atoms with Gasteiger partial charge in [0.25, 0.3) is 0 Å². The van der Waals surface area contributed by atoms with Crippen LogP contribution in [0.15, 0.2) is 79.3 Å². The van der Waals surface area contributed by atoms with E-state index >= 15 is 0 Å². The van der Waals surface area contributed by atoms with Crippen LogP contribution in [0.5, 0.6) is 0 Å². The maximum absolute atomic E-state index is 13.2. The molecule has 0 aliphatic carbocycles. The van der Waals surface area contributed by atoms with Crippen LogP contribution in [-0.2, 0) is 16.0 Å². The number of pyridine rings is 1. The second-order valence-corrected chi connectivity index (χ2v) is 10.4. The molecule has 3 N–H and O–H groups in total. The average molecular weight is 617 g/mol. The van der Waals surface area contributed by atoms with Gasteiger partial charge in [-0.05, 0) is 53.8 Å². The maximum Gasteiger partial charge on any atom is 0.244 e. The number of aromatic amines is 1. The van der Waals surface area contributed by atoms with Crippen molar-refractivity contribution in [1.82, 2.24) is 45.8 Å². The zero-order chi connectivity index (χ0) is 30.2. The number of rotatable bonds is 11. The molecule has 5 rings (SSSR count). The number of nitrogens with one attached hydrogen (secondary N) is 3. The number of carbonyl (C=O) groups excluding carboxylic acids is 2. The highest BCUT2D eigenvalue weighted by Gasteiger charge is 2.23. The Bertz CT molecular complexity index is 1720. The van der Waals surface area contributed by atoms with Gasteiger partial charge in [-0.15, -0.1) is 5.10 Å². The number of nitrogens with zero attached hydrogens (tertiary/aromatic N) is 6. The van der Waals surface area contributed by atoms with E-state index in [0.717, 1.165) is 16.8 Å². The topological polar surface area (TPSA) is 143 Å². The first-order valence-corrected chi connectivity index (χ1v) is 14.1. The van der Waals surface area contributed by atoms with Crippen LogP contribution in [0.25, 0.3) is 23.0 Å². The molecule has 0 fully saturated rings. The standard InChI is InChI=1S/C30H27Cl2N9O2/c1-19-5-7-20(8-6-19)28-29(32)38-30(37-28)24(17-27(43)34-15-13-23-4-2-3-14-33-23)36-26(42)12-9-21-16-22(31)10-11-25(21)41-18-35-39-40-41/h2-12,14,16,18,24H,13,15,17H2,1H3,(H,34,43)(H,36,42)(H,37,38)/b12-9+/t24-/m0/s1. The van der Waals surface area contributed by atoms with Crippen LogP contribution in [0.1, 0.15) is 35.1 Å². The molecule has 3 aromatic heterocycles. The number of imidazole rings is 1. The number of carbonyl (C=O) groups is 2. The molecular weight excluding hydrogens is 589 g/mol. The molecule has 0 spiro atoms. The summed E-state index contributed by atoms with van der Waals surface area (Å²) in [7, 11) is 0. The summed E-state index contributed by atoms with van der Waals surface area (Å²) in [4.78, 5) is 38.1. The van der Waals surface area contributed by atoms with Crippen molar-refractivity contribution in [3.05, 3.63) is 112 Å². The summed E-state index contributed by atoms with van der Waals surface area (Å²) in [6.45, 7) is 2.38. The van der Waals surface area contributed by atoms with Crippen molar-refractivity contribution in [3.8, 4) is 16.9 Å². The van der Waals surface area contributed by atoms with Gasteiger partial charge in [-0.25, -0.2) is 4.98 Å². The molecule has 2 amide bonds. The Morgan fingerprint density at radius 3 is 2.67 bits per heavy atom. The fourth-order valence-electron chi connectivity index (χ4n) is 4.31. The highest BCUT2D eigenvalue weighted by Crippen LogP contribution is 2.29. The summed E-state index contributed by atoms with van der Waals surface area (Å²) in [5, 5.41) is 17.8. The molecule has 2 aromatic carbocycles. The van der Waals surface area contributed by atoms with Crippen LogP contribution in [0.3, 0.4) is 0 Å². The van der Waals surface area contributed by atoms with Crippen LogP contribution in [0, 0.1) is 6.92 Å². The SMILES string of the molecule is Cc1ccc(-c2nc([C@H](CC(=O)NCCc3ccccn3)NC(=O)/C=C/c3cc(Cl)ccc3-n3cnnn3)[nH]c2Cl)cc1. The first kappa shape index (κ1) is 29.6. The van der Waals surface area contributed by atoms with Crippen LogP contribution < -0.4 is 10.6 Å². The number of hydrogen-bond donors (Lipinski definition) is 3. The lowest BCUT2D eigenvalue weighted by molar-refractivity contribution is -0.122. The Hall–Kier alpha value is -4.87. The van der Waals surface area contributed by atoms with Crippen molar-refractivity contribution in [3.63, 3.8) is 0 Å². The second-order valence-electron chi connectivity index (χ2n) is 9.63. The highest BCUT2D eigenvalue weighted by molar-refractivity contribution is 6.32. The Morgan fingerprint density at radius 2 is 1.93 bits per heavy atom. The molecule has 1 atom stereocenters. The molecule has 218 valence electrons. The van der Waals surface area contributed by atoms with E-state index in [1.807, 2.05) is 49.4 Å². The van der Waals surface area contributed by atoms with E-state index < -0.39 is 11.9 Å². The number of benzene rings is 2. The predicted octanol–water partition coefficient (Wildman–Crippen LogP) is 4.68. The van der Waals surface area contributed by atoms with Crippen molar-refractivity contribution >= 4 is 41.1 Å². The number of H-pyrrole nitrogens is 1. The Balaban J connectivity index is 1.34. The largest absolute Gasteiger partial charge is 0.356 e. The zero-order valence-electron chi connectivity index (χ0n) is 23.0. The fraction of sp³-hybridized carbons (Fsp3) is 0.167.